The molecule has 0 saturated heterocycles. The van der Waals surface area contributed by atoms with Gasteiger partial charge in [-0.2, -0.15) is 0 Å². The average molecular weight is 209 g/mol. The third-order valence-corrected chi connectivity index (χ3v) is 2.80. The van der Waals surface area contributed by atoms with Gasteiger partial charge in [0.15, 0.2) is 0 Å². The van der Waals surface area contributed by atoms with Crippen molar-refractivity contribution in [2.75, 3.05) is 19.6 Å². The lowest BCUT2D eigenvalue weighted by Gasteiger charge is -2.29. The van der Waals surface area contributed by atoms with E-state index in [2.05, 4.69) is 38.8 Å². The Bertz CT molecular complexity index is 309. The lowest BCUT2D eigenvalue weighted by molar-refractivity contribution is 0.199. The van der Waals surface area contributed by atoms with E-state index in [0.717, 1.165) is 38.5 Å². The molecule has 2 rings (SSSR count). The first-order valence-electron chi connectivity index (χ1n) is 5.62. The maximum atomic E-state index is 4.11. The molecule has 1 aliphatic heterocycles. The van der Waals surface area contributed by atoms with E-state index < -0.39 is 0 Å². The van der Waals surface area contributed by atoms with Crippen LogP contribution < -0.4 is 5.32 Å². The van der Waals surface area contributed by atoms with Gasteiger partial charge in [-0.3, -0.25) is 4.90 Å². The fourth-order valence-electron chi connectivity index (χ4n) is 2.07. The van der Waals surface area contributed by atoms with Crippen LogP contribution in [0.2, 0.25) is 0 Å². The summed E-state index contributed by atoms with van der Waals surface area (Å²) in [6.45, 7) is 9.52. The van der Waals surface area contributed by atoms with E-state index in [0.29, 0.717) is 6.04 Å². The molecule has 0 bridgehead atoms. The van der Waals surface area contributed by atoms with E-state index in [-0.39, 0.29) is 0 Å². The predicted octanol–water partition coefficient (Wildman–Crippen LogP) is 0.0917. The molecule has 1 N–H and O–H groups in total. The molecule has 0 fully saturated rings. The molecule has 2 heterocycles. The maximum Gasteiger partial charge on any atom is 0.147 e. The fourth-order valence-corrected chi connectivity index (χ4v) is 2.07. The summed E-state index contributed by atoms with van der Waals surface area (Å²) >= 11 is 0. The Morgan fingerprint density at radius 1 is 1.53 bits per heavy atom. The molecule has 1 atom stereocenters. The monoisotopic (exact) mass is 209 g/mol. The van der Waals surface area contributed by atoms with Gasteiger partial charge in [-0.15, -0.1) is 10.2 Å². The smallest absolute Gasteiger partial charge is 0.147 e. The van der Waals surface area contributed by atoms with Gasteiger partial charge in [-0.05, 0) is 13.5 Å². The largest absolute Gasteiger partial charge is 0.315 e. The van der Waals surface area contributed by atoms with Gasteiger partial charge in [0, 0.05) is 25.7 Å². The van der Waals surface area contributed by atoms with Gasteiger partial charge in [0.1, 0.15) is 12.2 Å². The Labute approximate surface area is 90.5 Å². The molecule has 0 amide bonds. The van der Waals surface area contributed by atoms with Crippen molar-refractivity contribution in [1.82, 2.24) is 25.0 Å². The van der Waals surface area contributed by atoms with Crippen LogP contribution in [0.25, 0.3) is 0 Å². The first kappa shape index (κ1) is 10.6. The zero-order valence-electron chi connectivity index (χ0n) is 9.48. The zero-order chi connectivity index (χ0) is 10.7. The number of nitrogens with one attached hydrogen (secondary N) is 1. The molecule has 0 aliphatic carbocycles. The second-order valence-corrected chi connectivity index (χ2v) is 4.13. The van der Waals surface area contributed by atoms with Crippen molar-refractivity contribution in [3.05, 3.63) is 12.2 Å². The number of hydrogen-bond acceptors (Lipinski definition) is 4. The number of fused-ring (bicyclic) bond motifs is 1. The highest BCUT2D eigenvalue weighted by atomic mass is 15.3. The van der Waals surface area contributed by atoms with E-state index >= 15 is 0 Å². The van der Waals surface area contributed by atoms with Crippen LogP contribution in [0.3, 0.4) is 0 Å². The van der Waals surface area contributed by atoms with Gasteiger partial charge in [-0.25, -0.2) is 0 Å². The number of nitrogens with zero attached hydrogens (tertiary/aromatic N) is 4. The lowest BCUT2D eigenvalue weighted by atomic mass is 10.2. The molecule has 84 valence electrons. The molecule has 0 spiro atoms. The van der Waals surface area contributed by atoms with Crippen molar-refractivity contribution in [1.29, 1.82) is 0 Å². The fraction of sp³-hybridized carbons (Fsp3) is 0.800. The van der Waals surface area contributed by atoms with Crippen LogP contribution >= 0.6 is 0 Å². The molecule has 0 aromatic carbocycles. The van der Waals surface area contributed by atoms with Crippen molar-refractivity contribution in [3.8, 4) is 0 Å². The standard InChI is InChI=1S/C10H19N5/c1-3-11-9(2)6-14-4-5-15-8-12-13-10(15)7-14/h8-9,11H,3-7H2,1-2H3. The summed E-state index contributed by atoms with van der Waals surface area (Å²) in [5, 5.41) is 11.5. The highest BCUT2D eigenvalue weighted by Gasteiger charge is 2.18. The highest BCUT2D eigenvalue weighted by molar-refractivity contribution is 4.90. The summed E-state index contributed by atoms with van der Waals surface area (Å²) < 4.78 is 2.13. The second-order valence-electron chi connectivity index (χ2n) is 4.13. The molecular weight excluding hydrogens is 190 g/mol. The topological polar surface area (TPSA) is 46.0 Å². The molecule has 1 unspecified atom stereocenters. The average Bonchev–Trinajstić information content (AvgIpc) is 2.65. The van der Waals surface area contributed by atoms with Crippen LogP contribution in [0, 0.1) is 0 Å². The van der Waals surface area contributed by atoms with Crippen molar-refractivity contribution in [2.45, 2.75) is 33.0 Å². The minimum Gasteiger partial charge on any atom is -0.315 e. The normalized spacial score (nSPS) is 18.8. The Hall–Kier alpha value is -0.940. The summed E-state index contributed by atoms with van der Waals surface area (Å²) in [6, 6.07) is 0.546. The summed E-state index contributed by atoms with van der Waals surface area (Å²) in [5.41, 5.74) is 0. The van der Waals surface area contributed by atoms with Gasteiger partial charge in [0.2, 0.25) is 0 Å². The van der Waals surface area contributed by atoms with Gasteiger partial charge >= 0.3 is 0 Å². The number of aromatic nitrogens is 3. The Morgan fingerprint density at radius 3 is 3.20 bits per heavy atom. The summed E-state index contributed by atoms with van der Waals surface area (Å²) in [5.74, 6) is 1.09. The van der Waals surface area contributed by atoms with Crippen LogP contribution in [0.15, 0.2) is 6.33 Å². The quantitative estimate of drug-likeness (QED) is 0.763. The van der Waals surface area contributed by atoms with Gasteiger partial charge in [0.05, 0.1) is 6.54 Å². The van der Waals surface area contributed by atoms with Crippen molar-refractivity contribution in [2.24, 2.45) is 0 Å². The molecule has 1 aromatic heterocycles. The second kappa shape index (κ2) is 4.72. The third kappa shape index (κ3) is 2.54. The van der Waals surface area contributed by atoms with Crippen LogP contribution in [0.4, 0.5) is 0 Å². The van der Waals surface area contributed by atoms with E-state index in [1.807, 2.05) is 6.33 Å². The van der Waals surface area contributed by atoms with Crippen molar-refractivity contribution < 1.29 is 0 Å². The van der Waals surface area contributed by atoms with Crippen LogP contribution in [-0.2, 0) is 13.1 Å². The van der Waals surface area contributed by atoms with Crippen LogP contribution in [0.5, 0.6) is 0 Å². The first-order chi connectivity index (χ1) is 7.29. The van der Waals surface area contributed by atoms with E-state index in [9.17, 15) is 0 Å². The zero-order valence-corrected chi connectivity index (χ0v) is 9.48. The minimum absolute atomic E-state index is 0.546. The third-order valence-electron chi connectivity index (χ3n) is 2.80. The summed E-state index contributed by atoms with van der Waals surface area (Å²) in [6.07, 6.45) is 1.82. The highest BCUT2D eigenvalue weighted by Crippen LogP contribution is 2.08. The first-order valence-corrected chi connectivity index (χ1v) is 5.62. The molecule has 0 saturated carbocycles. The molecule has 0 radical (unpaired) electrons. The maximum absolute atomic E-state index is 4.11. The van der Waals surface area contributed by atoms with Gasteiger partial charge < -0.3 is 9.88 Å². The van der Waals surface area contributed by atoms with Crippen LogP contribution in [-0.4, -0.2) is 45.3 Å². The van der Waals surface area contributed by atoms with Crippen LogP contribution in [0.1, 0.15) is 19.7 Å². The Morgan fingerprint density at radius 2 is 2.40 bits per heavy atom. The number of rotatable bonds is 4. The summed E-state index contributed by atoms with van der Waals surface area (Å²) in [7, 11) is 0. The molecule has 1 aromatic rings. The van der Waals surface area contributed by atoms with Gasteiger partial charge in [-0.1, -0.05) is 6.92 Å². The molecule has 1 aliphatic rings. The SMILES string of the molecule is CCNC(C)CN1CCn2cnnc2C1. The Balaban J connectivity index is 1.87. The molecule has 5 heteroatoms. The molecule has 5 nitrogen and oxygen atoms in total. The van der Waals surface area contributed by atoms with E-state index in [1.54, 1.807) is 0 Å². The van der Waals surface area contributed by atoms with Gasteiger partial charge in [0.25, 0.3) is 0 Å². The number of hydrogen-bond donors (Lipinski definition) is 1. The van der Waals surface area contributed by atoms with E-state index in [1.165, 1.54) is 0 Å². The predicted molar refractivity (Wildman–Crippen MR) is 58.4 cm³/mol. The summed E-state index contributed by atoms with van der Waals surface area (Å²) in [4.78, 5) is 2.43. The molecular formula is C10H19N5. The minimum atomic E-state index is 0.546. The van der Waals surface area contributed by atoms with E-state index in [4.69, 9.17) is 0 Å². The molecule has 15 heavy (non-hydrogen) atoms. The number of likely N-dealkylation sites (N-methyl/N-ethyl adjacent to an activating group) is 1. The lowest BCUT2D eigenvalue weighted by Crippen LogP contribution is -2.42. The van der Waals surface area contributed by atoms with Crippen molar-refractivity contribution >= 4 is 0 Å². The Kier molecular flexibility index (Phi) is 3.33. The van der Waals surface area contributed by atoms with Crippen molar-refractivity contribution in [3.63, 3.8) is 0 Å².